The number of carbonyl (C=O) groups is 3. The van der Waals surface area contributed by atoms with E-state index in [0.717, 1.165) is 6.07 Å². The molecule has 0 unspecified atom stereocenters. The highest BCUT2D eigenvalue weighted by molar-refractivity contribution is 6.30. The lowest BCUT2D eigenvalue weighted by molar-refractivity contribution is 0.0660. The number of fused-ring (bicyclic) bond motifs is 1. The molecule has 0 amide bonds. The molecule has 0 aliphatic heterocycles. The Labute approximate surface area is 102 Å². The standard InChI is InChI=1S/C13H10O5/c1-3-6-7(4-2)11(15)12-8(10(6)14)5-9(18-12)13(16)17/h3-5H,1-2H3,(H,16,17)/b6-3+,7-4+. The number of aromatic carboxylic acids is 1. The van der Waals surface area contributed by atoms with E-state index in [1.54, 1.807) is 13.8 Å². The largest absolute Gasteiger partial charge is 0.475 e. The van der Waals surface area contributed by atoms with Crippen LogP contribution in [-0.2, 0) is 0 Å². The molecule has 1 N–H and O–H groups in total. The Balaban J connectivity index is 2.71. The highest BCUT2D eigenvalue weighted by Gasteiger charge is 2.36. The van der Waals surface area contributed by atoms with Crippen molar-refractivity contribution in [3.8, 4) is 0 Å². The molecule has 1 aliphatic carbocycles. The van der Waals surface area contributed by atoms with Crippen molar-refractivity contribution in [2.45, 2.75) is 13.8 Å². The van der Waals surface area contributed by atoms with Crippen LogP contribution in [0.15, 0.2) is 33.8 Å². The molecule has 1 heterocycles. The molecule has 5 nitrogen and oxygen atoms in total. The first kappa shape index (κ1) is 12.0. The lowest BCUT2D eigenvalue weighted by Gasteiger charge is -2.14. The third kappa shape index (κ3) is 1.52. The summed E-state index contributed by atoms with van der Waals surface area (Å²) in [6.45, 7) is 3.28. The Hall–Kier alpha value is -2.43. The van der Waals surface area contributed by atoms with Gasteiger partial charge in [-0.15, -0.1) is 0 Å². The van der Waals surface area contributed by atoms with Gasteiger partial charge < -0.3 is 9.52 Å². The summed E-state index contributed by atoms with van der Waals surface area (Å²) in [5.74, 6) is -2.77. The molecule has 1 aromatic rings. The van der Waals surface area contributed by atoms with Crippen LogP contribution in [0.4, 0.5) is 0 Å². The monoisotopic (exact) mass is 246 g/mol. The van der Waals surface area contributed by atoms with Gasteiger partial charge in [-0.1, -0.05) is 12.2 Å². The highest BCUT2D eigenvalue weighted by Crippen LogP contribution is 2.31. The summed E-state index contributed by atoms with van der Waals surface area (Å²) in [5, 5.41) is 8.81. The first-order valence-electron chi connectivity index (χ1n) is 5.30. The van der Waals surface area contributed by atoms with E-state index in [1.165, 1.54) is 12.2 Å². The van der Waals surface area contributed by atoms with Gasteiger partial charge >= 0.3 is 5.97 Å². The predicted molar refractivity (Wildman–Crippen MR) is 61.8 cm³/mol. The van der Waals surface area contributed by atoms with Crippen LogP contribution in [-0.4, -0.2) is 22.6 Å². The van der Waals surface area contributed by atoms with Gasteiger partial charge in [0.1, 0.15) is 0 Å². The van der Waals surface area contributed by atoms with Crippen LogP contribution in [0.5, 0.6) is 0 Å². The molecular weight excluding hydrogens is 236 g/mol. The van der Waals surface area contributed by atoms with Crippen LogP contribution in [0, 0.1) is 0 Å². The molecule has 1 aromatic heterocycles. The number of carbonyl (C=O) groups excluding carboxylic acids is 2. The first-order valence-corrected chi connectivity index (χ1v) is 5.30. The molecule has 5 heteroatoms. The molecular formula is C13H10O5. The second-order valence-corrected chi connectivity index (χ2v) is 3.72. The lowest BCUT2D eigenvalue weighted by Crippen LogP contribution is -2.20. The molecule has 0 saturated carbocycles. The van der Waals surface area contributed by atoms with Gasteiger partial charge in [-0.25, -0.2) is 4.79 Å². The van der Waals surface area contributed by atoms with Gasteiger partial charge in [-0.3, -0.25) is 9.59 Å². The van der Waals surface area contributed by atoms with Crippen molar-refractivity contribution in [3.63, 3.8) is 0 Å². The predicted octanol–water partition coefficient (Wildman–Crippen LogP) is 2.25. The average molecular weight is 246 g/mol. The van der Waals surface area contributed by atoms with Crippen molar-refractivity contribution in [2.24, 2.45) is 0 Å². The van der Waals surface area contributed by atoms with Gasteiger partial charge in [0.2, 0.25) is 11.5 Å². The molecule has 1 aliphatic rings. The zero-order valence-electron chi connectivity index (χ0n) is 9.81. The number of hydrogen-bond acceptors (Lipinski definition) is 4. The third-order valence-electron chi connectivity index (χ3n) is 2.75. The number of carboxylic acid groups (broad SMARTS) is 1. The van der Waals surface area contributed by atoms with Crippen LogP contribution in [0.1, 0.15) is 45.3 Å². The fourth-order valence-electron chi connectivity index (χ4n) is 1.92. The van der Waals surface area contributed by atoms with Crippen molar-refractivity contribution < 1.29 is 23.9 Å². The molecule has 0 spiro atoms. The van der Waals surface area contributed by atoms with E-state index in [-0.39, 0.29) is 22.5 Å². The Bertz CT molecular complexity index is 580. The zero-order chi connectivity index (χ0) is 13.4. The molecule has 0 radical (unpaired) electrons. The maximum atomic E-state index is 12.1. The number of ketones is 2. The molecule has 0 saturated heterocycles. The van der Waals surface area contributed by atoms with E-state index >= 15 is 0 Å². The van der Waals surface area contributed by atoms with E-state index < -0.39 is 23.3 Å². The van der Waals surface area contributed by atoms with Crippen LogP contribution in [0.2, 0.25) is 0 Å². The van der Waals surface area contributed by atoms with E-state index in [1.807, 2.05) is 0 Å². The van der Waals surface area contributed by atoms with Gasteiger partial charge in [-0.2, -0.15) is 0 Å². The minimum absolute atomic E-state index is 0.0103. The number of Topliss-reactive ketones (excluding diaryl/α,β-unsaturated/α-hetero) is 2. The Morgan fingerprint density at radius 2 is 1.72 bits per heavy atom. The van der Waals surface area contributed by atoms with E-state index in [2.05, 4.69) is 0 Å². The van der Waals surface area contributed by atoms with Crippen molar-refractivity contribution in [1.29, 1.82) is 0 Å². The zero-order valence-corrected chi connectivity index (χ0v) is 9.81. The van der Waals surface area contributed by atoms with Gasteiger partial charge in [0, 0.05) is 17.2 Å². The molecule has 0 atom stereocenters. The van der Waals surface area contributed by atoms with Crippen molar-refractivity contribution >= 4 is 17.5 Å². The van der Waals surface area contributed by atoms with E-state index in [9.17, 15) is 14.4 Å². The number of furan rings is 1. The third-order valence-corrected chi connectivity index (χ3v) is 2.75. The fraction of sp³-hybridized carbons (Fsp3) is 0.154. The molecule has 2 rings (SSSR count). The summed E-state index contributed by atoms with van der Waals surface area (Å²) < 4.78 is 4.94. The second kappa shape index (κ2) is 4.10. The smallest absolute Gasteiger partial charge is 0.371 e. The van der Waals surface area contributed by atoms with Gasteiger partial charge in [0.05, 0.1) is 5.56 Å². The summed E-state index contributed by atoms with van der Waals surface area (Å²) in [5.41, 5.74) is 0.519. The quantitative estimate of drug-likeness (QED) is 0.768. The highest BCUT2D eigenvalue weighted by atomic mass is 16.4. The molecule has 92 valence electrons. The summed E-state index contributed by atoms with van der Waals surface area (Å²) >= 11 is 0. The van der Waals surface area contributed by atoms with Crippen molar-refractivity contribution in [3.05, 3.63) is 46.4 Å². The number of allylic oxidation sites excluding steroid dienone is 4. The van der Waals surface area contributed by atoms with E-state index in [4.69, 9.17) is 9.52 Å². The Morgan fingerprint density at radius 1 is 1.17 bits per heavy atom. The maximum Gasteiger partial charge on any atom is 0.371 e. The SMILES string of the molecule is C/C=C1/C(=O)c2cc(C(=O)O)oc2C(=O)/C1=C/C. The fourth-order valence-corrected chi connectivity index (χ4v) is 1.92. The lowest BCUT2D eigenvalue weighted by atomic mass is 9.86. The molecule has 18 heavy (non-hydrogen) atoms. The minimum Gasteiger partial charge on any atom is -0.475 e. The maximum absolute atomic E-state index is 12.1. The second-order valence-electron chi connectivity index (χ2n) is 3.72. The summed E-state index contributed by atoms with van der Waals surface area (Å²) in [7, 11) is 0. The Morgan fingerprint density at radius 3 is 2.22 bits per heavy atom. The van der Waals surface area contributed by atoms with Crippen LogP contribution >= 0.6 is 0 Å². The van der Waals surface area contributed by atoms with Gasteiger partial charge in [0.15, 0.2) is 11.5 Å². The number of carboxylic acids is 1. The topological polar surface area (TPSA) is 84.6 Å². The normalized spacial score (nSPS) is 19.4. The molecule has 0 bridgehead atoms. The van der Waals surface area contributed by atoms with Crippen LogP contribution in [0.25, 0.3) is 0 Å². The summed E-state index contributed by atoms with van der Waals surface area (Å²) in [6.07, 6.45) is 3.05. The first-order chi connectivity index (χ1) is 8.51. The van der Waals surface area contributed by atoms with Crippen molar-refractivity contribution in [2.75, 3.05) is 0 Å². The summed E-state index contributed by atoms with van der Waals surface area (Å²) in [4.78, 5) is 34.9. The number of rotatable bonds is 1. The van der Waals surface area contributed by atoms with Crippen LogP contribution in [0.3, 0.4) is 0 Å². The summed E-state index contributed by atoms with van der Waals surface area (Å²) in [6, 6.07) is 1.09. The average Bonchev–Trinajstić information content (AvgIpc) is 2.78. The molecule has 0 aromatic carbocycles. The Kier molecular flexibility index (Phi) is 2.74. The minimum atomic E-state index is -1.31. The number of hydrogen-bond donors (Lipinski definition) is 1. The molecule has 0 fully saturated rings. The van der Waals surface area contributed by atoms with Gasteiger partial charge in [0.25, 0.3) is 0 Å². The van der Waals surface area contributed by atoms with Gasteiger partial charge in [-0.05, 0) is 13.8 Å². The van der Waals surface area contributed by atoms with Crippen LogP contribution < -0.4 is 0 Å². The van der Waals surface area contributed by atoms with Crippen molar-refractivity contribution in [1.82, 2.24) is 0 Å². The van der Waals surface area contributed by atoms with E-state index in [0.29, 0.717) is 0 Å².